The second-order valence-corrected chi connectivity index (χ2v) is 5.48. The van der Waals surface area contributed by atoms with Crippen LogP contribution < -0.4 is 5.32 Å². The molecule has 1 saturated heterocycles. The van der Waals surface area contributed by atoms with Crippen LogP contribution in [0.15, 0.2) is 0 Å². The first-order valence-corrected chi connectivity index (χ1v) is 6.77. The highest BCUT2D eigenvalue weighted by molar-refractivity contribution is 4.95. The molecule has 0 unspecified atom stereocenters. The second-order valence-electron chi connectivity index (χ2n) is 5.48. The van der Waals surface area contributed by atoms with Gasteiger partial charge in [-0.1, -0.05) is 0 Å². The Morgan fingerprint density at radius 3 is 2.44 bits per heavy atom. The normalized spacial score (nSPS) is 26.1. The van der Waals surface area contributed by atoms with Crippen molar-refractivity contribution in [2.24, 2.45) is 5.41 Å². The van der Waals surface area contributed by atoms with E-state index in [4.69, 9.17) is 4.74 Å². The highest BCUT2D eigenvalue weighted by Gasteiger charge is 2.42. The Balaban J connectivity index is 1.73. The number of hydrogen-bond acceptors (Lipinski definition) is 3. The van der Waals surface area contributed by atoms with Crippen molar-refractivity contribution in [2.45, 2.75) is 32.1 Å². The molecule has 3 nitrogen and oxygen atoms in total. The fraction of sp³-hybridized carbons (Fsp3) is 1.00. The van der Waals surface area contributed by atoms with Gasteiger partial charge < -0.3 is 15.0 Å². The van der Waals surface area contributed by atoms with Crippen LogP contribution in [0.3, 0.4) is 0 Å². The van der Waals surface area contributed by atoms with Gasteiger partial charge in [0.05, 0.1) is 0 Å². The summed E-state index contributed by atoms with van der Waals surface area (Å²) in [6.45, 7) is 7.21. The molecule has 2 aliphatic rings. The van der Waals surface area contributed by atoms with Crippen molar-refractivity contribution in [3.05, 3.63) is 0 Å². The largest absolute Gasteiger partial charge is 0.385 e. The highest BCUT2D eigenvalue weighted by atomic mass is 16.5. The van der Waals surface area contributed by atoms with E-state index in [9.17, 15) is 0 Å². The Labute approximate surface area is 99.5 Å². The molecule has 2 rings (SSSR count). The maximum Gasteiger partial charge on any atom is 0.0468 e. The van der Waals surface area contributed by atoms with Crippen LogP contribution in [-0.4, -0.2) is 51.3 Å². The first-order chi connectivity index (χ1) is 7.85. The summed E-state index contributed by atoms with van der Waals surface area (Å²) in [6.07, 6.45) is 6.72. The summed E-state index contributed by atoms with van der Waals surface area (Å²) < 4.78 is 5.22. The van der Waals surface area contributed by atoms with Gasteiger partial charge in [-0.25, -0.2) is 0 Å². The molecule has 0 amide bonds. The van der Waals surface area contributed by atoms with Crippen molar-refractivity contribution in [3.8, 4) is 0 Å². The maximum absolute atomic E-state index is 5.22. The van der Waals surface area contributed by atoms with E-state index in [2.05, 4.69) is 10.2 Å². The minimum atomic E-state index is 0.628. The zero-order chi connectivity index (χ0) is 11.3. The van der Waals surface area contributed by atoms with Gasteiger partial charge in [-0.2, -0.15) is 0 Å². The van der Waals surface area contributed by atoms with Crippen molar-refractivity contribution < 1.29 is 4.74 Å². The van der Waals surface area contributed by atoms with Crippen LogP contribution in [0.5, 0.6) is 0 Å². The summed E-state index contributed by atoms with van der Waals surface area (Å²) in [5.41, 5.74) is 0.628. The molecule has 1 aliphatic carbocycles. The molecule has 0 atom stereocenters. The van der Waals surface area contributed by atoms with E-state index >= 15 is 0 Å². The molecule has 94 valence electrons. The second kappa shape index (κ2) is 5.99. The van der Waals surface area contributed by atoms with Crippen molar-refractivity contribution >= 4 is 0 Å². The molecule has 0 spiro atoms. The molecule has 0 bridgehead atoms. The average molecular weight is 226 g/mol. The van der Waals surface area contributed by atoms with Crippen LogP contribution in [0, 0.1) is 5.41 Å². The van der Waals surface area contributed by atoms with Gasteiger partial charge in [0.1, 0.15) is 0 Å². The van der Waals surface area contributed by atoms with Crippen molar-refractivity contribution in [2.75, 3.05) is 46.4 Å². The SMILES string of the molecule is COCCC1(CN2CCCNCCC2)CC1. The van der Waals surface area contributed by atoms with E-state index in [1.807, 2.05) is 7.11 Å². The lowest BCUT2D eigenvalue weighted by Crippen LogP contribution is -2.37. The Morgan fingerprint density at radius 2 is 1.88 bits per heavy atom. The first-order valence-electron chi connectivity index (χ1n) is 6.77. The molecule has 0 aromatic carbocycles. The highest BCUT2D eigenvalue weighted by Crippen LogP contribution is 2.49. The predicted molar refractivity (Wildman–Crippen MR) is 66.7 cm³/mol. The van der Waals surface area contributed by atoms with Gasteiger partial charge in [-0.15, -0.1) is 0 Å². The third-order valence-corrected chi connectivity index (χ3v) is 4.01. The molecular weight excluding hydrogens is 200 g/mol. The summed E-state index contributed by atoms with van der Waals surface area (Å²) >= 11 is 0. The van der Waals surface area contributed by atoms with E-state index in [0.29, 0.717) is 5.41 Å². The topological polar surface area (TPSA) is 24.5 Å². The van der Waals surface area contributed by atoms with Gasteiger partial charge in [0.15, 0.2) is 0 Å². The summed E-state index contributed by atoms with van der Waals surface area (Å²) in [4.78, 5) is 2.68. The molecule has 1 heterocycles. The smallest absolute Gasteiger partial charge is 0.0468 e. The first kappa shape index (κ1) is 12.3. The fourth-order valence-electron chi connectivity index (χ4n) is 2.71. The van der Waals surface area contributed by atoms with Gasteiger partial charge in [0.2, 0.25) is 0 Å². The summed E-state index contributed by atoms with van der Waals surface area (Å²) in [5.74, 6) is 0. The molecule has 0 aromatic heterocycles. The van der Waals surface area contributed by atoms with E-state index in [-0.39, 0.29) is 0 Å². The van der Waals surface area contributed by atoms with Crippen LogP contribution >= 0.6 is 0 Å². The van der Waals surface area contributed by atoms with Crippen LogP contribution in [-0.2, 0) is 4.74 Å². The van der Waals surface area contributed by atoms with Crippen molar-refractivity contribution in [1.82, 2.24) is 10.2 Å². The Bertz CT molecular complexity index is 196. The minimum Gasteiger partial charge on any atom is -0.385 e. The summed E-state index contributed by atoms with van der Waals surface area (Å²) in [6, 6.07) is 0. The lowest BCUT2D eigenvalue weighted by molar-refractivity contribution is 0.143. The number of hydrogen-bond donors (Lipinski definition) is 1. The molecule has 3 heteroatoms. The van der Waals surface area contributed by atoms with Crippen LogP contribution in [0.2, 0.25) is 0 Å². The van der Waals surface area contributed by atoms with Gasteiger partial charge in [0.25, 0.3) is 0 Å². The van der Waals surface area contributed by atoms with E-state index < -0.39 is 0 Å². The van der Waals surface area contributed by atoms with Gasteiger partial charge in [-0.3, -0.25) is 0 Å². The molecular formula is C13H26N2O. The van der Waals surface area contributed by atoms with Crippen LogP contribution in [0.4, 0.5) is 0 Å². The predicted octanol–water partition coefficient (Wildman–Crippen LogP) is 1.49. The molecule has 0 radical (unpaired) electrons. The molecule has 1 N–H and O–H groups in total. The third-order valence-electron chi connectivity index (χ3n) is 4.01. The molecule has 16 heavy (non-hydrogen) atoms. The van der Waals surface area contributed by atoms with E-state index in [1.54, 1.807) is 0 Å². The minimum absolute atomic E-state index is 0.628. The zero-order valence-electron chi connectivity index (χ0n) is 10.6. The Morgan fingerprint density at radius 1 is 1.19 bits per heavy atom. The van der Waals surface area contributed by atoms with Gasteiger partial charge in [-0.05, 0) is 63.7 Å². The lowest BCUT2D eigenvalue weighted by Gasteiger charge is -2.29. The lowest BCUT2D eigenvalue weighted by atomic mass is 10.0. The maximum atomic E-state index is 5.22. The number of nitrogens with zero attached hydrogens (tertiary/aromatic N) is 1. The van der Waals surface area contributed by atoms with Crippen molar-refractivity contribution in [3.63, 3.8) is 0 Å². The quantitative estimate of drug-likeness (QED) is 0.768. The molecule has 1 aliphatic heterocycles. The Kier molecular flexibility index (Phi) is 4.62. The molecule has 0 aromatic rings. The summed E-state index contributed by atoms with van der Waals surface area (Å²) in [5, 5.41) is 3.47. The standard InChI is InChI=1S/C13H26N2O/c1-16-11-6-13(4-5-13)12-15-9-2-7-14-8-3-10-15/h14H,2-12H2,1H3. The monoisotopic (exact) mass is 226 g/mol. The van der Waals surface area contributed by atoms with E-state index in [0.717, 1.165) is 6.61 Å². The van der Waals surface area contributed by atoms with Gasteiger partial charge >= 0.3 is 0 Å². The van der Waals surface area contributed by atoms with Crippen molar-refractivity contribution in [1.29, 1.82) is 0 Å². The zero-order valence-corrected chi connectivity index (χ0v) is 10.6. The number of ether oxygens (including phenoxy) is 1. The number of nitrogens with one attached hydrogen (secondary N) is 1. The fourth-order valence-corrected chi connectivity index (χ4v) is 2.71. The average Bonchev–Trinajstić information content (AvgIpc) is 3.00. The third kappa shape index (κ3) is 3.72. The van der Waals surface area contributed by atoms with E-state index in [1.165, 1.54) is 64.8 Å². The summed E-state index contributed by atoms with van der Waals surface area (Å²) in [7, 11) is 1.82. The van der Waals surface area contributed by atoms with Crippen LogP contribution in [0.25, 0.3) is 0 Å². The molecule has 2 fully saturated rings. The number of methoxy groups -OCH3 is 1. The van der Waals surface area contributed by atoms with Crippen LogP contribution in [0.1, 0.15) is 32.1 Å². The Hall–Kier alpha value is -0.120. The molecule has 1 saturated carbocycles. The number of rotatable bonds is 5. The van der Waals surface area contributed by atoms with Gasteiger partial charge in [0, 0.05) is 20.3 Å².